The Morgan fingerprint density at radius 1 is 1.65 bits per heavy atom. The van der Waals surface area contributed by atoms with E-state index >= 15 is 0 Å². The molecule has 1 saturated heterocycles. The van der Waals surface area contributed by atoms with Crippen LogP contribution in [-0.4, -0.2) is 30.1 Å². The van der Waals surface area contributed by atoms with E-state index in [1.54, 1.807) is 23.2 Å². The fraction of sp³-hybridized carbons (Fsp3) is 0.500. The number of carbonyl (C=O) groups excluding carboxylic acids is 1. The van der Waals surface area contributed by atoms with Crippen molar-refractivity contribution in [2.45, 2.75) is 25.9 Å². The van der Waals surface area contributed by atoms with Gasteiger partial charge in [0.2, 0.25) is 0 Å². The van der Waals surface area contributed by atoms with Crippen LogP contribution in [0.25, 0.3) is 0 Å². The van der Waals surface area contributed by atoms with E-state index in [4.69, 9.17) is 10.5 Å². The molecule has 1 aliphatic heterocycles. The van der Waals surface area contributed by atoms with Crippen molar-refractivity contribution in [1.29, 1.82) is 0 Å². The smallest absolute Gasteiger partial charge is 0.257 e. The average molecular weight is 235 g/mol. The van der Waals surface area contributed by atoms with Crippen molar-refractivity contribution in [2.75, 3.05) is 23.8 Å². The van der Waals surface area contributed by atoms with Gasteiger partial charge in [-0.25, -0.2) is 4.98 Å². The molecule has 92 valence electrons. The Morgan fingerprint density at radius 2 is 2.47 bits per heavy atom. The standard InChI is InChI=1S/C12H17N3O2/c1-2-15(11-6-5-9(13)8-14-11)12(16)10-4-3-7-17-10/h5-6,8,10H,2-4,7,13H2,1H3. The van der Waals surface area contributed by atoms with Gasteiger partial charge in [-0.15, -0.1) is 0 Å². The van der Waals surface area contributed by atoms with E-state index in [1.807, 2.05) is 6.92 Å². The second-order valence-corrected chi connectivity index (χ2v) is 4.03. The van der Waals surface area contributed by atoms with Crippen molar-refractivity contribution in [3.05, 3.63) is 18.3 Å². The van der Waals surface area contributed by atoms with Gasteiger partial charge in [-0.3, -0.25) is 9.69 Å². The molecule has 2 heterocycles. The van der Waals surface area contributed by atoms with Crippen LogP contribution in [0, 0.1) is 0 Å². The van der Waals surface area contributed by atoms with E-state index in [0.29, 0.717) is 24.7 Å². The van der Waals surface area contributed by atoms with Crippen LogP contribution in [0.3, 0.4) is 0 Å². The van der Waals surface area contributed by atoms with Crippen LogP contribution in [0.4, 0.5) is 11.5 Å². The minimum absolute atomic E-state index is 0.0118. The number of nitrogen functional groups attached to an aromatic ring is 1. The zero-order valence-electron chi connectivity index (χ0n) is 9.93. The SMILES string of the molecule is CCN(C(=O)C1CCCO1)c1ccc(N)cn1. The van der Waals surface area contributed by atoms with Crippen molar-refractivity contribution in [2.24, 2.45) is 0 Å². The zero-order chi connectivity index (χ0) is 12.3. The molecule has 2 N–H and O–H groups in total. The molecular formula is C12H17N3O2. The number of nitrogens with two attached hydrogens (primary N) is 1. The number of nitrogens with zero attached hydrogens (tertiary/aromatic N) is 2. The quantitative estimate of drug-likeness (QED) is 0.854. The summed E-state index contributed by atoms with van der Waals surface area (Å²) in [6.07, 6.45) is 2.99. The molecule has 0 saturated carbocycles. The number of aromatic nitrogens is 1. The number of pyridine rings is 1. The van der Waals surface area contributed by atoms with E-state index in [9.17, 15) is 4.79 Å². The van der Waals surface area contributed by atoms with Crippen LogP contribution < -0.4 is 10.6 Å². The second kappa shape index (κ2) is 5.14. The van der Waals surface area contributed by atoms with Gasteiger partial charge >= 0.3 is 0 Å². The summed E-state index contributed by atoms with van der Waals surface area (Å²) in [6.45, 7) is 3.17. The Morgan fingerprint density at radius 3 is 3.00 bits per heavy atom. The number of carbonyl (C=O) groups is 1. The lowest BCUT2D eigenvalue weighted by atomic mass is 10.2. The first kappa shape index (κ1) is 11.9. The van der Waals surface area contributed by atoms with Crippen LogP contribution >= 0.6 is 0 Å². The summed E-state index contributed by atoms with van der Waals surface area (Å²) in [5.74, 6) is 0.615. The molecule has 0 aromatic carbocycles. The third-order valence-corrected chi connectivity index (χ3v) is 2.83. The van der Waals surface area contributed by atoms with Gasteiger partial charge in [-0.1, -0.05) is 0 Å². The molecular weight excluding hydrogens is 218 g/mol. The number of amides is 1. The summed E-state index contributed by atoms with van der Waals surface area (Å²) < 4.78 is 5.40. The molecule has 0 aliphatic carbocycles. The summed E-state index contributed by atoms with van der Waals surface area (Å²) in [5, 5.41) is 0. The fourth-order valence-corrected chi connectivity index (χ4v) is 1.93. The summed E-state index contributed by atoms with van der Waals surface area (Å²) in [6, 6.07) is 3.50. The Labute approximate surface area is 101 Å². The van der Waals surface area contributed by atoms with Gasteiger partial charge in [0.25, 0.3) is 5.91 Å². The largest absolute Gasteiger partial charge is 0.397 e. The molecule has 1 aromatic heterocycles. The molecule has 0 bridgehead atoms. The minimum atomic E-state index is -0.311. The molecule has 0 spiro atoms. The number of rotatable bonds is 3. The highest BCUT2D eigenvalue weighted by Gasteiger charge is 2.28. The summed E-state index contributed by atoms with van der Waals surface area (Å²) in [4.78, 5) is 18.0. The van der Waals surface area contributed by atoms with Crippen LogP contribution in [0.15, 0.2) is 18.3 Å². The molecule has 1 unspecified atom stereocenters. The Kier molecular flexibility index (Phi) is 3.58. The second-order valence-electron chi connectivity index (χ2n) is 4.03. The summed E-state index contributed by atoms with van der Waals surface area (Å²) in [7, 11) is 0. The summed E-state index contributed by atoms with van der Waals surface area (Å²) >= 11 is 0. The number of hydrogen-bond donors (Lipinski definition) is 1. The maximum atomic E-state index is 12.2. The maximum absolute atomic E-state index is 12.2. The highest BCUT2D eigenvalue weighted by atomic mass is 16.5. The van der Waals surface area contributed by atoms with Gasteiger partial charge in [-0.2, -0.15) is 0 Å². The molecule has 1 atom stereocenters. The lowest BCUT2D eigenvalue weighted by Crippen LogP contribution is -2.39. The highest BCUT2D eigenvalue weighted by Crippen LogP contribution is 2.19. The average Bonchev–Trinajstić information content (AvgIpc) is 2.86. The van der Waals surface area contributed by atoms with E-state index < -0.39 is 0 Å². The summed E-state index contributed by atoms with van der Waals surface area (Å²) in [5.41, 5.74) is 6.17. The topological polar surface area (TPSA) is 68.5 Å². The van der Waals surface area contributed by atoms with Crippen molar-refractivity contribution in [3.8, 4) is 0 Å². The minimum Gasteiger partial charge on any atom is -0.397 e. The highest BCUT2D eigenvalue weighted by molar-refractivity contribution is 5.95. The third-order valence-electron chi connectivity index (χ3n) is 2.83. The van der Waals surface area contributed by atoms with Gasteiger partial charge in [0.1, 0.15) is 11.9 Å². The van der Waals surface area contributed by atoms with E-state index in [2.05, 4.69) is 4.98 Å². The van der Waals surface area contributed by atoms with E-state index in [1.165, 1.54) is 0 Å². The molecule has 0 radical (unpaired) electrons. The van der Waals surface area contributed by atoms with Crippen molar-refractivity contribution in [3.63, 3.8) is 0 Å². The van der Waals surface area contributed by atoms with Crippen molar-refractivity contribution in [1.82, 2.24) is 4.98 Å². The lowest BCUT2D eigenvalue weighted by molar-refractivity contribution is -0.127. The van der Waals surface area contributed by atoms with Gasteiger partial charge in [0, 0.05) is 13.2 Å². The first-order chi connectivity index (χ1) is 8.22. The van der Waals surface area contributed by atoms with Crippen LogP contribution in [0.1, 0.15) is 19.8 Å². The van der Waals surface area contributed by atoms with Gasteiger partial charge in [-0.05, 0) is 31.9 Å². The third kappa shape index (κ3) is 2.55. The number of ether oxygens (including phenoxy) is 1. The number of hydrogen-bond acceptors (Lipinski definition) is 4. The fourth-order valence-electron chi connectivity index (χ4n) is 1.93. The van der Waals surface area contributed by atoms with Crippen LogP contribution in [-0.2, 0) is 9.53 Å². The first-order valence-electron chi connectivity index (χ1n) is 5.87. The van der Waals surface area contributed by atoms with Crippen LogP contribution in [0.5, 0.6) is 0 Å². The monoisotopic (exact) mass is 235 g/mol. The Hall–Kier alpha value is -1.62. The van der Waals surface area contributed by atoms with E-state index in [-0.39, 0.29) is 12.0 Å². The molecule has 17 heavy (non-hydrogen) atoms. The zero-order valence-corrected chi connectivity index (χ0v) is 9.93. The normalized spacial score (nSPS) is 19.2. The predicted molar refractivity (Wildman–Crippen MR) is 65.7 cm³/mol. The molecule has 2 rings (SSSR count). The molecule has 1 aliphatic rings. The molecule has 1 aromatic rings. The molecule has 5 nitrogen and oxygen atoms in total. The first-order valence-corrected chi connectivity index (χ1v) is 5.87. The van der Waals surface area contributed by atoms with Gasteiger partial charge < -0.3 is 10.5 Å². The van der Waals surface area contributed by atoms with Gasteiger partial charge in [0.15, 0.2) is 0 Å². The molecule has 1 fully saturated rings. The predicted octanol–water partition coefficient (Wildman–Crippen LogP) is 1.20. The van der Waals surface area contributed by atoms with Crippen molar-refractivity contribution >= 4 is 17.4 Å². The lowest BCUT2D eigenvalue weighted by Gasteiger charge is -2.22. The number of anilines is 2. The Balaban J connectivity index is 2.14. The Bertz CT molecular complexity index is 385. The maximum Gasteiger partial charge on any atom is 0.257 e. The van der Waals surface area contributed by atoms with Crippen molar-refractivity contribution < 1.29 is 9.53 Å². The molecule has 1 amide bonds. The van der Waals surface area contributed by atoms with Crippen LogP contribution in [0.2, 0.25) is 0 Å². The number of likely N-dealkylation sites (N-methyl/N-ethyl adjacent to an activating group) is 1. The van der Waals surface area contributed by atoms with E-state index in [0.717, 1.165) is 12.8 Å². The molecule has 5 heteroatoms. The van der Waals surface area contributed by atoms with Gasteiger partial charge in [0.05, 0.1) is 11.9 Å².